The number of ether oxygens (including phenoxy) is 2. The summed E-state index contributed by atoms with van der Waals surface area (Å²) in [5, 5.41) is 3.53. The summed E-state index contributed by atoms with van der Waals surface area (Å²) in [4.78, 5) is 0. The van der Waals surface area contributed by atoms with Gasteiger partial charge in [0.05, 0.1) is 24.9 Å². The monoisotopic (exact) mass is 243 g/mol. The fourth-order valence-corrected chi connectivity index (χ4v) is 1.60. The van der Waals surface area contributed by atoms with Gasteiger partial charge in [-0.25, -0.2) is 0 Å². The fourth-order valence-electron chi connectivity index (χ4n) is 1.60. The van der Waals surface area contributed by atoms with Crippen molar-refractivity contribution in [3.05, 3.63) is 0 Å². The zero-order chi connectivity index (χ0) is 12.9. The van der Waals surface area contributed by atoms with Gasteiger partial charge in [0, 0.05) is 12.6 Å². The Labute approximate surface area is 106 Å². The van der Waals surface area contributed by atoms with Gasteiger partial charge in [0.25, 0.3) is 0 Å². The molecule has 0 amide bonds. The first-order valence-electron chi connectivity index (χ1n) is 6.87. The van der Waals surface area contributed by atoms with Gasteiger partial charge in [0.1, 0.15) is 0 Å². The highest BCUT2D eigenvalue weighted by molar-refractivity contribution is 4.82. The van der Waals surface area contributed by atoms with Crippen LogP contribution in [0.3, 0.4) is 0 Å². The average Bonchev–Trinajstić information content (AvgIpc) is 2.98. The van der Waals surface area contributed by atoms with E-state index in [1.54, 1.807) is 0 Å². The maximum absolute atomic E-state index is 5.89. The SMILES string of the molecule is CC(C)C(CNC1CC1)OCCOC(C)(C)C. The normalized spacial score (nSPS) is 18.7. The van der Waals surface area contributed by atoms with Crippen LogP contribution in [0.2, 0.25) is 0 Å². The van der Waals surface area contributed by atoms with Crippen LogP contribution in [0.25, 0.3) is 0 Å². The number of rotatable bonds is 8. The van der Waals surface area contributed by atoms with Crippen molar-refractivity contribution in [3.63, 3.8) is 0 Å². The Bertz CT molecular complexity index is 207. The predicted molar refractivity (Wildman–Crippen MR) is 71.3 cm³/mol. The lowest BCUT2D eigenvalue weighted by Crippen LogP contribution is -2.35. The highest BCUT2D eigenvalue weighted by atomic mass is 16.5. The van der Waals surface area contributed by atoms with Crippen LogP contribution < -0.4 is 5.32 Å². The summed E-state index contributed by atoms with van der Waals surface area (Å²) in [6.07, 6.45) is 2.97. The van der Waals surface area contributed by atoms with Crippen molar-refractivity contribution in [2.75, 3.05) is 19.8 Å². The lowest BCUT2D eigenvalue weighted by molar-refractivity contribution is -0.0595. The molecule has 0 aromatic carbocycles. The lowest BCUT2D eigenvalue weighted by Gasteiger charge is -2.24. The van der Waals surface area contributed by atoms with E-state index in [1.165, 1.54) is 12.8 Å². The van der Waals surface area contributed by atoms with Crippen LogP contribution in [0.5, 0.6) is 0 Å². The summed E-state index contributed by atoms with van der Waals surface area (Å²) in [6, 6.07) is 0.755. The molecule has 0 aromatic rings. The molecule has 1 atom stereocenters. The van der Waals surface area contributed by atoms with Crippen molar-refractivity contribution in [2.45, 2.75) is 65.2 Å². The van der Waals surface area contributed by atoms with Crippen molar-refractivity contribution >= 4 is 0 Å². The predicted octanol–water partition coefficient (Wildman–Crippen LogP) is 2.59. The fraction of sp³-hybridized carbons (Fsp3) is 1.00. The maximum Gasteiger partial charge on any atom is 0.0723 e. The molecule has 0 bridgehead atoms. The molecule has 1 rings (SSSR count). The minimum Gasteiger partial charge on any atom is -0.374 e. The van der Waals surface area contributed by atoms with E-state index in [1.807, 2.05) is 0 Å². The van der Waals surface area contributed by atoms with Gasteiger partial charge in [-0.05, 0) is 39.5 Å². The Morgan fingerprint density at radius 2 is 1.82 bits per heavy atom. The van der Waals surface area contributed by atoms with Crippen LogP contribution in [0.4, 0.5) is 0 Å². The second-order valence-electron chi connectivity index (χ2n) is 6.30. The molecular formula is C14H29NO2. The van der Waals surface area contributed by atoms with Gasteiger partial charge in [0.2, 0.25) is 0 Å². The number of hydrogen-bond acceptors (Lipinski definition) is 3. The van der Waals surface area contributed by atoms with Crippen molar-refractivity contribution in [2.24, 2.45) is 5.92 Å². The zero-order valence-electron chi connectivity index (χ0n) is 12.1. The summed E-state index contributed by atoms with van der Waals surface area (Å²) >= 11 is 0. The van der Waals surface area contributed by atoms with Gasteiger partial charge in [0.15, 0.2) is 0 Å². The zero-order valence-corrected chi connectivity index (χ0v) is 12.1. The highest BCUT2D eigenvalue weighted by Crippen LogP contribution is 2.19. The molecular weight excluding hydrogens is 214 g/mol. The molecule has 1 N–H and O–H groups in total. The topological polar surface area (TPSA) is 30.5 Å². The lowest BCUT2D eigenvalue weighted by atomic mass is 10.1. The molecule has 0 saturated heterocycles. The minimum absolute atomic E-state index is 0.0665. The van der Waals surface area contributed by atoms with Crippen LogP contribution in [0.1, 0.15) is 47.5 Å². The van der Waals surface area contributed by atoms with E-state index in [4.69, 9.17) is 9.47 Å². The molecule has 3 heteroatoms. The van der Waals surface area contributed by atoms with Crippen LogP contribution in [0, 0.1) is 5.92 Å². The van der Waals surface area contributed by atoms with Gasteiger partial charge in [-0.15, -0.1) is 0 Å². The van der Waals surface area contributed by atoms with Gasteiger partial charge in [-0.3, -0.25) is 0 Å². The van der Waals surface area contributed by atoms with E-state index in [9.17, 15) is 0 Å². The van der Waals surface area contributed by atoms with Crippen LogP contribution in [0.15, 0.2) is 0 Å². The average molecular weight is 243 g/mol. The molecule has 3 nitrogen and oxygen atoms in total. The first-order valence-corrected chi connectivity index (χ1v) is 6.87. The highest BCUT2D eigenvalue weighted by Gasteiger charge is 2.23. The standard InChI is InChI=1S/C14H29NO2/c1-11(2)13(10-15-12-6-7-12)16-8-9-17-14(3,4)5/h11-13,15H,6-10H2,1-5H3. The van der Waals surface area contributed by atoms with Gasteiger partial charge in [-0.2, -0.15) is 0 Å². The molecule has 1 saturated carbocycles. The first kappa shape index (κ1) is 14.9. The van der Waals surface area contributed by atoms with Crippen molar-refractivity contribution in [1.82, 2.24) is 5.32 Å². The summed E-state index contributed by atoms with van der Waals surface area (Å²) in [5.74, 6) is 0.552. The molecule has 102 valence electrons. The van der Waals surface area contributed by atoms with E-state index in [0.29, 0.717) is 25.2 Å². The van der Waals surface area contributed by atoms with Gasteiger partial charge in [-0.1, -0.05) is 13.8 Å². The number of nitrogens with one attached hydrogen (secondary N) is 1. The first-order chi connectivity index (χ1) is 7.88. The summed E-state index contributed by atoms with van der Waals surface area (Å²) < 4.78 is 11.5. The molecule has 0 radical (unpaired) electrons. The summed E-state index contributed by atoms with van der Waals surface area (Å²) in [7, 11) is 0. The Morgan fingerprint density at radius 3 is 2.29 bits per heavy atom. The quantitative estimate of drug-likeness (QED) is 0.665. The summed E-state index contributed by atoms with van der Waals surface area (Å²) in [6.45, 7) is 13.0. The molecule has 1 aliphatic carbocycles. The van der Waals surface area contributed by atoms with Gasteiger partial charge < -0.3 is 14.8 Å². The Balaban J connectivity index is 2.10. The largest absolute Gasteiger partial charge is 0.374 e. The molecule has 17 heavy (non-hydrogen) atoms. The molecule has 1 fully saturated rings. The Hall–Kier alpha value is -0.120. The van der Waals surface area contributed by atoms with E-state index >= 15 is 0 Å². The van der Waals surface area contributed by atoms with Crippen LogP contribution >= 0.6 is 0 Å². The molecule has 1 aliphatic rings. The third-order valence-corrected chi connectivity index (χ3v) is 2.88. The third kappa shape index (κ3) is 7.74. The van der Waals surface area contributed by atoms with Crippen molar-refractivity contribution < 1.29 is 9.47 Å². The minimum atomic E-state index is -0.0665. The van der Waals surface area contributed by atoms with E-state index < -0.39 is 0 Å². The van der Waals surface area contributed by atoms with E-state index in [-0.39, 0.29) is 5.60 Å². The second-order valence-corrected chi connectivity index (χ2v) is 6.30. The van der Waals surface area contributed by atoms with Crippen molar-refractivity contribution in [1.29, 1.82) is 0 Å². The van der Waals surface area contributed by atoms with Gasteiger partial charge >= 0.3 is 0 Å². The molecule has 1 unspecified atom stereocenters. The Morgan fingerprint density at radius 1 is 1.18 bits per heavy atom. The molecule has 0 spiro atoms. The maximum atomic E-state index is 5.89. The smallest absolute Gasteiger partial charge is 0.0723 e. The third-order valence-electron chi connectivity index (χ3n) is 2.88. The molecule has 0 heterocycles. The van der Waals surface area contributed by atoms with Crippen molar-refractivity contribution in [3.8, 4) is 0 Å². The van der Waals surface area contributed by atoms with Crippen LogP contribution in [-0.2, 0) is 9.47 Å². The number of hydrogen-bond donors (Lipinski definition) is 1. The van der Waals surface area contributed by atoms with E-state index in [2.05, 4.69) is 39.9 Å². The second kappa shape index (κ2) is 6.72. The summed E-state index contributed by atoms with van der Waals surface area (Å²) in [5.41, 5.74) is -0.0665. The molecule has 0 aliphatic heterocycles. The van der Waals surface area contributed by atoms with E-state index in [0.717, 1.165) is 12.6 Å². The van der Waals surface area contributed by atoms with Crippen LogP contribution in [-0.4, -0.2) is 37.5 Å². The molecule has 0 aromatic heterocycles. The Kier molecular flexibility index (Phi) is 5.90.